The van der Waals surface area contributed by atoms with Gasteiger partial charge >= 0.3 is 0 Å². The first kappa shape index (κ1) is 13.4. The Morgan fingerprint density at radius 1 is 1.11 bits per heavy atom. The lowest BCUT2D eigenvalue weighted by Crippen LogP contribution is -2.50. The maximum absolute atomic E-state index is 12.8. The normalized spacial score (nSPS) is 46.4. The Morgan fingerprint density at radius 3 is 2.26 bits per heavy atom. The van der Waals surface area contributed by atoms with Crippen LogP contribution in [0.1, 0.15) is 52.4 Å². The first-order valence-corrected chi connectivity index (χ1v) is 8.14. The number of hydrogen-bond acceptors (Lipinski definition) is 2. The van der Waals surface area contributed by atoms with Gasteiger partial charge in [-0.25, -0.2) is 0 Å². The van der Waals surface area contributed by atoms with Crippen molar-refractivity contribution in [3.05, 3.63) is 0 Å². The van der Waals surface area contributed by atoms with Crippen LogP contribution in [0.15, 0.2) is 0 Å². The lowest BCUT2D eigenvalue weighted by atomic mass is 9.65. The lowest BCUT2D eigenvalue weighted by molar-refractivity contribution is -0.139. The predicted molar refractivity (Wildman–Crippen MR) is 76.5 cm³/mol. The molecule has 4 atom stereocenters. The van der Waals surface area contributed by atoms with Crippen LogP contribution >= 0.6 is 0 Å². The van der Waals surface area contributed by atoms with E-state index in [0.29, 0.717) is 35.7 Å². The lowest BCUT2D eigenvalue weighted by Gasteiger charge is -2.44. The quantitative estimate of drug-likeness (QED) is 0.790. The van der Waals surface area contributed by atoms with E-state index in [2.05, 4.69) is 18.7 Å². The standard InChI is InChI=1S/C16H28N2O/c1-10-6-7-18(11(10)2)16(19)14-8-12-4-3-5-13(9-14)15(12)17/h10-15H,3-9,17H2,1-2H3. The van der Waals surface area contributed by atoms with Gasteiger partial charge in [-0.15, -0.1) is 0 Å². The van der Waals surface area contributed by atoms with E-state index in [0.717, 1.165) is 19.4 Å². The minimum atomic E-state index is 0.267. The number of carbonyl (C=O) groups is 1. The van der Waals surface area contributed by atoms with Crippen LogP contribution < -0.4 is 5.73 Å². The number of nitrogens with two attached hydrogens (primary N) is 1. The third-order valence-corrected chi connectivity index (χ3v) is 6.19. The summed E-state index contributed by atoms with van der Waals surface area (Å²) in [6.07, 6.45) is 7.08. The third-order valence-electron chi connectivity index (χ3n) is 6.19. The first-order valence-electron chi connectivity index (χ1n) is 8.14. The van der Waals surface area contributed by atoms with Gasteiger partial charge in [0.1, 0.15) is 0 Å². The minimum Gasteiger partial charge on any atom is -0.339 e. The molecule has 108 valence electrons. The fourth-order valence-electron chi connectivity index (χ4n) is 4.63. The van der Waals surface area contributed by atoms with Gasteiger partial charge in [0, 0.05) is 24.5 Å². The Kier molecular flexibility index (Phi) is 3.59. The summed E-state index contributed by atoms with van der Waals surface area (Å²) < 4.78 is 0. The molecule has 0 aromatic carbocycles. The van der Waals surface area contributed by atoms with Gasteiger partial charge in [0.25, 0.3) is 0 Å². The molecule has 19 heavy (non-hydrogen) atoms. The second-order valence-electron chi connectivity index (χ2n) is 7.23. The van der Waals surface area contributed by atoms with E-state index in [9.17, 15) is 4.79 Å². The molecule has 0 aromatic heterocycles. The van der Waals surface area contributed by atoms with Gasteiger partial charge < -0.3 is 10.6 Å². The van der Waals surface area contributed by atoms with E-state index >= 15 is 0 Å². The van der Waals surface area contributed by atoms with Crippen molar-refractivity contribution < 1.29 is 4.79 Å². The molecule has 0 aromatic rings. The molecule has 2 bridgehead atoms. The number of nitrogens with zero attached hydrogens (tertiary/aromatic N) is 1. The van der Waals surface area contributed by atoms with Crippen molar-refractivity contribution in [1.29, 1.82) is 0 Å². The molecule has 3 aliphatic rings. The Hall–Kier alpha value is -0.570. The number of fused-ring (bicyclic) bond motifs is 2. The molecule has 1 saturated heterocycles. The maximum atomic E-state index is 12.8. The van der Waals surface area contributed by atoms with Crippen molar-refractivity contribution in [1.82, 2.24) is 4.90 Å². The SMILES string of the molecule is CC1CCN(C(=O)C2CC3CCCC(C2)C3N)C1C. The molecule has 0 spiro atoms. The average molecular weight is 264 g/mol. The Labute approximate surface area is 116 Å². The molecular formula is C16H28N2O. The highest BCUT2D eigenvalue weighted by atomic mass is 16.2. The van der Waals surface area contributed by atoms with E-state index in [-0.39, 0.29) is 5.92 Å². The molecule has 4 unspecified atom stereocenters. The van der Waals surface area contributed by atoms with Gasteiger partial charge in [-0.05, 0) is 56.8 Å². The molecule has 2 aliphatic carbocycles. The summed E-state index contributed by atoms with van der Waals surface area (Å²) in [5, 5.41) is 0. The largest absolute Gasteiger partial charge is 0.339 e. The van der Waals surface area contributed by atoms with Gasteiger partial charge in [-0.2, -0.15) is 0 Å². The number of hydrogen-bond donors (Lipinski definition) is 1. The minimum absolute atomic E-state index is 0.267. The summed E-state index contributed by atoms with van der Waals surface area (Å²) >= 11 is 0. The van der Waals surface area contributed by atoms with Crippen LogP contribution in [0.3, 0.4) is 0 Å². The Bertz CT molecular complexity index is 343. The highest BCUT2D eigenvalue weighted by molar-refractivity contribution is 5.79. The van der Waals surface area contributed by atoms with Crippen LogP contribution in [0.5, 0.6) is 0 Å². The maximum Gasteiger partial charge on any atom is 0.225 e. The van der Waals surface area contributed by atoms with Crippen LogP contribution in [-0.2, 0) is 4.79 Å². The second-order valence-corrected chi connectivity index (χ2v) is 7.23. The fraction of sp³-hybridized carbons (Fsp3) is 0.938. The van der Waals surface area contributed by atoms with Gasteiger partial charge in [0.2, 0.25) is 5.91 Å². The number of amides is 1. The number of carbonyl (C=O) groups excluding carboxylic acids is 1. The van der Waals surface area contributed by atoms with Crippen molar-refractivity contribution in [2.24, 2.45) is 29.4 Å². The van der Waals surface area contributed by atoms with Gasteiger partial charge in [0.05, 0.1) is 0 Å². The van der Waals surface area contributed by atoms with Crippen molar-refractivity contribution in [3.63, 3.8) is 0 Å². The molecular weight excluding hydrogens is 236 g/mol. The summed E-state index contributed by atoms with van der Waals surface area (Å²) in [6.45, 7) is 5.45. The van der Waals surface area contributed by atoms with Gasteiger partial charge in [-0.3, -0.25) is 4.79 Å². The molecule has 1 heterocycles. The molecule has 3 nitrogen and oxygen atoms in total. The zero-order valence-corrected chi connectivity index (χ0v) is 12.3. The highest BCUT2D eigenvalue weighted by Crippen LogP contribution is 2.43. The van der Waals surface area contributed by atoms with Crippen LogP contribution in [0.4, 0.5) is 0 Å². The smallest absolute Gasteiger partial charge is 0.225 e. The van der Waals surface area contributed by atoms with Gasteiger partial charge in [0.15, 0.2) is 0 Å². The second kappa shape index (κ2) is 5.08. The van der Waals surface area contributed by atoms with E-state index in [1.165, 1.54) is 25.7 Å². The van der Waals surface area contributed by atoms with Crippen LogP contribution in [0.25, 0.3) is 0 Å². The summed E-state index contributed by atoms with van der Waals surface area (Å²) in [4.78, 5) is 14.9. The van der Waals surface area contributed by atoms with Crippen molar-refractivity contribution >= 4 is 5.91 Å². The molecule has 2 saturated carbocycles. The summed E-state index contributed by atoms with van der Waals surface area (Å²) in [6, 6.07) is 0.802. The molecule has 2 N–H and O–H groups in total. The first-order chi connectivity index (χ1) is 9.08. The van der Waals surface area contributed by atoms with E-state index in [1.54, 1.807) is 0 Å². The molecule has 3 rings (SSSR count). The van der Waals surface area contributed by atoms with E-state index in [4.69, 9.17) is 5.73 Å². The van der Waals surface area contributed by atoms with Crippen molar-refractivity contribution in [2.75, 3.05) is 6.54 Å². The van der Waals surface area contributed by atoms with Crippen molar-refractivity contribution in [3.8, 4) is 0 Å². The van der Waals surface area contributed by atoms with Gasteiger partial charge in [-0.1, -0.05) is 13.3 Å². The van der Waals surface area contributed by atoms with E-state index in [1.807, 2.05) is 0 Å². The Morgan fingerprint density at radius 2 is 1.74 bits per heavy atom. The monoisotopic (exact) mass is 264 g/mol. The zero-order valence-electron chi connectivity index (χ0n) is 12.3. The highest BCUT2D eigenvalue weighted by Gasteiger charge is 2.43. The van der Waals surface area contributed by atoms with Crippen molar-refractivity contribution in [2.45, 2.75) is 64.5 Å². The third kappa shape index (κ3) is 2.31. The molecule has 3 heteroatoms. The summed E-state index contributed by atoms with van der Waals surface area (Å²) in [5.41, 5.74) is 6.32. The molecule has 0 radical (unpaired) electrons. The van der Waals surface area contributed by atoms with E-state index < -0.39 is 0 Å². The Balaban J connectivity index is 1.68. The molecule has 1 amide bonds. The van der Waals surface area contributed by atoms with Crippen LogP contribution in [0, 0.1) is 23.7 Å². The van der Waals surface area contributed by atoms with Crippen LogP contribution in [0.2, 0.25) is 0 Å². The number of rotatable bonds is 1. The number of likely N-dealkylation sites (tertiary alicyclic amines) is 1. The predicted octanol–water partition coefficient (Wildman–Crippen LogP) is 2.40. The van der Waals surface area contributed by atoms with Crippen LogP contribution in [-0.4, -0.2) is 29.4 Å². The fourth-order valence-corrected chi connectivity index (χ4v) is 4.63. The topological polar surface area (TPSA) is 46.3 Å². The average Bonchev–Trinajstić information content (AvgIpc) is 2.69. The summed E-state index contributed by atoms with van der Waals surface area (Å²) in [5.74, 6) is 2.58. The molecule has 3 fully saturated rings. The molecule has 1 aliphatic heterocycles. The zero-order chi connectivity index (χ0) is 13.6. The summed E-state index contributed by atoms with van der Waals surface area (Å²) in [7, 11) is 0.